The quantitative estimate of drug-likeness (QED) is 0.714. The lowest BCUT2D eigenvalue weighted by Gasteiger charge is -2.34. The van der Waals surface area contributed by atoms with E-state index in [-0.39, 0.29) is 5.69 Å². The molecule has 1 saturated heterocycles. The molecule has 1 aliphatic heterocycles. The SMILES string of the molecule is CN1CCN(c2ccc(NC(=O)C(=O)Nc3ccc(Cl)c(C(F)(F)F)c3)cc2)CC1. The number of amides is 2. The Balaban J connectivity index is 1.60. The first kappa shape index (κ1) is 21.9. The van der Waals surface area contributed by atoms with Gasteiger partial charge in [0.15, 0.2) is 0 Å². The molecular formula is C20H20ClF3N4O2. The van der Waals surface area contributed by atoms with Crippen LogP contribution in [0.5, 0.6) is 0 Å². The first-order chi connectivity index (χ1) is 14.1. The molecule has 2 aromatic carbocycles. The Morgan fingerprint density at radius 3 is 2.00 bits per heavy atom. The van der Waals surface area contributed by atoms with E-state index in [1.165, 1.54) is 6.07 Å². The van der Waals surface area contributed by atoms with Crippen molar-refractivity contribution in [1.29, 1.82) is 0 Å². The summed E-state index contributed by atoms with van der Waals surface area (Å²) in [6.07, 6.45) is -4.68. The van der Waals surface area contributed by atoms with Crippen LogP contribution >= 0.6 is 11.6 Å². The van der Waals surface area contributed by atoms with Crippen LogP contribution in [0.4, 0.5) is 30.2 Å². The zero-order valence-corrected chi connectivity index (χ0v) is 16.8. The molecule has 2 amide bonds. The Labute approximate surface area is 176 Å². The van der Waals surface area contributed by atoms with Crippen molar-refractivity contribution in [3.63, 3.8) is 0 Å². The van der Waals surface area contributed by atoms with Crippen molar-refractivity contribution in [2.75, 3.05) is 48.8 Å². The van der Waals surface area contributed by atoms with Crippen LogP contribution in [-0.2, 0) is 15.8 Å². The van der Waals surface area contributed by atoms with Crippen molar-refractivity contribution >= 4 is 40.5 Å². The summed E-state index contributed by atoms with van der Waals surface area (Å²) in [4.78, 5) is 28.6. The summed E-state index contributed by atoms with van der Waals surface area (Å²) in [5.41, 5.74) is 0.130. The standard InChI is InChI=1S/C20H20ClF3N4O2/c1-27-8-10-28(11-9-27)15-5-2-13(3-6-15)25-18(29)19(30)26-14-4-7-17(21)16(12-14)20(22,23)24/h2-7,12H,8-11H2,1H3,(H,25,29)(H,26,30). The van der Waals surface area contributed by atoms with Gasteiger partial charge in [0, 0.05) is 43.2 Å². The molecule has 160 valence electrons. The molecule has 0 radical (unpaired) electrons. The number of benzene rings is 2. The van der Waals surface area contributed by atoms with E-state index >= 15 is 0 Å². The van der Waals surface area contributed by atoms with E-state index in [0.29, 0.717) is 11.8 Å². The third-order valence-electron chi connectivity index (χ3n) is 4.73. The van der Waals surface area contributed by atoms with Gasteiger partial charge in [-0.1, -0.05) is 11.6 Å². The number of rotatable bonds is 3. The number of likely N-dealkylation sites (N-methyl/N-ethyl adjacent to an activating group) is 1. The molecule has 10 heteroatoms. The van der Waals surface area contributed by atoms with Gasteiger partial charge >= 0.3 is 18.0 Å². The number of halogens is 4. The highest BCUT2D eigenvalue weighted by molar-refractivity contribution is 6.43. The Bertz CT molecular complexity index is 927. The molecule has 30 heavy (non-hydrogen) atoms. The largest absolute Gasteiger partial charge is 0.417 e. The highest BCUT2D eigenvalue weighted by atomic mass is 35.5. The summed E-state index contributed by atoms with van der Waals surface area (Å²) in [6.45, 7) is 3.70. The number of anilines is 3. The van der Waals surface area contributed by atoms with Gasteiger partial charge in [-0.15, -0.1) is 0 Å². The second-order valence-electron chi connectivity index (χ2n) is 6.94. The van der Waals surface area contributed by atoms with E-state index < -0.39 is 28.6 Å². The topological polar surface area (TPSA) is 64.7 Å². The van der Waals surface area contributed by atoms with Crippen LogP contribution in [-0.4, -0.2) is 49.9 Å². The normalized spacial score (nSPS) is 15.0. The minimum Gasteiger partial charge on any atom is -0.369 e. The summed E-state index contributed by atoms with van der Waals surface area (Å²) in [5, 5.41) is 4.08. The molecule has 1 aliphatic rings. The lowest BCUT2D eigenvalue weighted by molar-refractivity contribution is -0.137. The summed E-state index contributed by atoms with van der Waals surface area (Å²) in [5.74, 6) is -2.08. The fourth-order valence-electron chi connectivity index (χ4n) is 3.02. The van der Waals surface area contributed by atoms with E-state index in [0.717, 1.165) is 37.9 Å². The maximum atomic E-state index is 12.9. The smallest absolute Gasteiger partial charge is 0.369 e. The molecule has 0 saturated carbocycles. The van der Waals surface area contributed by atoms with Crippen LogP contribution in [0.25, 0.3) is 0 Å². The lowest BCUT2D eigenvalue weighted by atomic mass is 10.2. The molecule has 0 atom stereocenters. The first-order valence-electron chi connectivity index (χ1n) is 9.16. The number of hydrogen-bond acceptors (Lipinski definition) is 4. The van der Waals surface area contributed by atoms with Gasteiger partial charge in [0.25, 0.3) is 0 Å². The Kier molecular flexibility index (Phi) is 6.52. The monoisotopic (exact) mass is 440 g/mol. The highest BCUT2D eigenvalue weighted by Gasteiger charge is 2.33. The van der Waals surface area contributed by atoms with Crippen molar-refractivity contribution in [3.05, 3.63) is 53.1 Å². The van der Waals surface area contributed by atoms with E-state index in [1.54, 1.807) is 12.1 Å². The van der Waals surface area contributed by atoms with Gasteiger partial charge in [0.1, 0.15) is 0 Å². The number of hydrogen-bond donors (Lipinski definition) is 2. The van der Waals surface area contributed by atoms with Gasteiger partial charge in [-0.2, -0.15) is 13.2 Å². The minimum atomic E-state index is -4.68. The van der Waals surface area contributed by atoms with Crippen LogP contribution in [0, 0.1) is 0 Å². The summed E-state index contributed by atoms with van der Waals surface area (Å²) in [7, 11) is 2.06. The number of nitrogens with one attached hydrogen (secondary N) is 2. The Hall–Kier alpha value is -2.78. The Morgan fingerprint density at radius 1 is 0.900 bits per heavy atom. The predicted octanol–water partition coefficient (Wildman–Crippen LogP) is 3.69. The maximum Gasteiger partial charge on any atom is 0.417 e. The second kappa shape index (κ2) is 8.93. The van der Waals surface area contributed by atoms with Crippen LogP contribution in [0.3, 0.4) is 0 Å². The van der Waals surface area contributed by atoms with Gasteiger partial charge in [-0.25, -0.2) is 0 Å². The number of alkyl halides is 3. The van der Waals surface area contributed by atoms with Crippen molar-refractivity contribution in [1.82, 2.24) is 4.90 Å². The van der Waals surface area contributed by atoms with Crippen molar-refractivity contribution < 1.29 is 22.8 Å². The number of nitrogens with zero attached hydrogens (tertiary/aromatic N) is 2. The molecule has 2 aromatic rings. The predicted molar refractivity (Wildman–Crippen MR) is 110 cm³/mol. The van der Waals surface area contributed by atoms with E-state index in [4.69, 9.17) is 11.6 Å². The molecule has 0 bridgehead atoms. The molecule has 0 spiro atoms. The van der Waals surface area contributed by atoms with Crippen molar-refractivity contribution in [3.8, 4) is 0 Å². The number of carbonyl (C=O) groups is 2. The third-order valence-corrected chi connectivity index (χ3v) is 5.06. The van der Waals surface area contributed by atoms with Gasteiger partial charge in [-0.3, -0.25) is 9.59 Å². The lowest BCUT2D eigenvalue weighted by Crippen LogP contribution is -2.44. The minimum absolute atomic E-state index is 0.183. The van der Waals surface area contributed by atoms with Crippen LogP contribution < -0.4 is 15.5 Å². The van der Waals surface area contributed by atoms with Gasteiger partial charge in [0.2, 0.25) is 0 Å². The first-order valence-corrected chi connectivity index (χ1v) is 9.54. The number of carbonyl (C=O) groups excluding carboxylic acids is 2. The fraction of sp³-hybridized carbons (Fsp3) is 0.300. The average Bonchev–Trinajstić information content (AvgIpc) is 2.70. The zero-order chi connectivity index (χ0) is 21.9. The van der Waals surface area contributed by atoms with Crippen molar-refractivity contribution in [2.45, 2.75) is 6.18 Å². The highest BCUT2D eigenvalue weighted by Crippen LogP contribution is 2.36. The zero-order valence-electron chi connectivity index (χ0n) is 16.1. The molecule has 0 aliphatic carbocycles. The van der Waals surface area contributed by atoms with Gasteiger partial charge < -0.3 is 20.4 Å². The molecular weight excluding hydrogens is 421 g/mol. The number of piperazine rings is 1. The fourth-order valence-corrected chi connectivity index (χ4v) is 3.24. The molecule has 6 nitrogen and oxygen atoms in total. The van der Waals surface area contributed by atoms with Crippen LogP contribution in [0.1, 0.15) is 5.56 Å². The third kappa shape index (κ3) is 5.43. The molecule has 3 rings (SSSR count). The molecule has 2 N–H and O–H groups in total. The molecule has 0 aromatic heterocycles. The van der Waals surface area contributed by atoms with Gasteiger partial charge in [-0.05, 0) is 49.5 Å². The Morgan fingerprint density at radius 2 is 1.43 bits per heavy atom. The van der Waals surface area contributed by atoms with Crippen LogP contribution in [0.15, 0.2) is 42.5 Å². The summed E-state index contributed by atoms with van der Waals surface area (Å²) >= 11 is 5.55. The summed E-state index contributed by atoms with van der Waals surface area (Å²) in [6, 6.07) is 9.90. The van der Waals surface area contributed by atoms with Gasteiger partial charge in [0.05, 0.1) is 10.6 Å². The van der Waals surface area contributed by atoms with Crippen molar-refractivity contribution in [2.24, 2.45) is 0 Å². The molecule has 0 unspecified atom stereocenters. The van der Waals surface area contributed by atoms with Crippen LogP contribution in [0.2, 0.25) is 5.02 Å². The van der Waals surface area contributed by atoms with E-state index in [1.807, 2.05) is 12.1 Å². The maximum absolute atomic E-state index is 12.9. The second-order valence-corrected chi connectivity index (χ2v) is 7.35. The summed E-state index contributed by atoms with van der Waals surface area (Å²) < 4.78 is 38.7. The molecule has 1 heterocycles. The average molecular weight is 441 g/mol. The van der Waals surface area contributed by atoms with E-state index in [9.17, 15) is 22.8 Å². The van der Waals surface area contributed by atoms with E-state index in [2.05, 4.69) is 27.5 Å². The molecule has 1 fully saturated rings.